The molecule has 4 aromatic rings. The van der Waals surface area contributed by atoms with Crippen LogP contribution in [-0.4, -0.2) is 98.5 Å². The Balaban J connectivity index is 0.000000441. The lowest BCUT2D eigenvalue weighted by Gasteiger charge is -2.41. The maximum Gasteiger partial charge on any atom is 0.410 e. The number of carbonyl (C=O) groups excluding carboxylic acids is 1. The number of ether oxygens (including phenoxy) is 3. The quantitative estimate of drug-likeness (QED) is 0.219. The van der Waals surface area contributed by atoms with Gasteiger partial charge in [-0.05, 0) is 36.9 Å². The number of fused-ring (bicyclic) bond motifs is 2. The van der Waals surface area contributed by atoms with E-state index in [1.165, 1.54) is 29.4 Å². The summed E-state index contributed by atoms with van der Waals surface area (Å²) in [7, 11) is 5.48. The highest BCUT2D eigenvalue weighted by molar-refractivity contribution is 5.94. The molecule has 1 amide bonds. The van der Waals surface area contributed by atoms with E-state index in [1.807, 2.05) is 44.2 Å². The zero-order chi connectivity index (χ0) is 36.2. The molecule has 51 heavy (non-hydrogen) atoms. The predicted molar refractivity (Wildman–Crippen MR) is 201 cm³/mol. The van der Waals surface area contributed by atoms with Crippen LogP contribution in [0.25, 0.3) is 10.8 Å². The van der Waals surface area contributed by atoms with Crippen molar-refractivity contribution in [2.75, 3.05) is 70.3 Å². The number of nitrogens with zero attached hydrogens (tertiary/aromatic N) is 7. The normalized spacial score (nSPS) is 18.5. The monoisotopic (exact) mass is 693 g/mol. The summed E-state index contributed by atoms with van der Waals surface area (Å²) in [6, 6.07) is 26.7. The number of aromatic nitrogens is 2. The molecule has 0 bridgehead atoms. The van der Waals surface area contributed by atoms with Crippen LogP contribution in [0.4, 0.5) is 16.3 Å². The summed E-state index contributed by atoms with van der Waals surface area (Å²) in [6.07, 6.45) is 2.28. The molecule has 2 saturated heterocycles. The van der Waals surface area contributed by atoms with Gasteiger partial charge in [0.05, 0.1) is 44.0 Å². The molecule has 7 rings (SSSR count). The van der Waals surface area contributed by atoms with Crippen LogP contribution in [0.3, 0.4) is 0 Å². The standard InChI is InChI=1S/C32H32N6O3.C6H13NO.C2H6/c1-40-31-34-28-21-36(29-13-7-11-24-10-5-6-12-26(24)29)17-15-27(28)30(35-31)37-18-19-38(25(20-37)14-16-33)32(39)41-22-23-8-3-2-4-9-23;1-7-4-3-6(5-7)8-2;1-2/h2-13,25H,14-15,17-22H2,1H3;6H,3-5H2,1-2H3;1-2H3. The second kappa shape index (κ2) is 18.4. The Labute approximate surface area is 302 Å². The van der Waals surface area contributed by atoms with Gasteiger partial charge >= 0.3 is 12.1 Å². The number of nitriles is 1. The molecule has 0 spiro atoms. The van der Waals surface area contributed by atoms with Crippen LogP contribution in [0.5, 0.6) is 6.01 Å². The van der Waals surface area contributed by atoms with Gasteiger partial charge in [-0.3, -0.25) is 0 Å². The van der Waals surface area contributed by atoms with Gasteiger partial charge in [0.15, 0.2) is 0 Å². The van der Waals surface area contributed by atoms with Gasteiger partial charge in [0.1, 0.15) is 12.4 Å². The van der Waals surface area contributed by atoms with E-state index in [0.717, 1.165) is 42.1 Å². The highest BCUT2D eigenvalue weighted by atomic mass is 16.6. The fourth-order valence-electron chi connectivity index (χ4n) is 6.89. The van der Waals surface area contributed by atoms with E-state index in [0.29, 0.717) is 38.3 Å². The zero-order valence-electron chi connectivity index (χ0n) is 30.6. The van der Waals surface area contributed by atoms with Crippen LogP contribution < -0.4 is 14.5 Å². The van der Waals surface area contributed by atoms with E-state index in [4.69, 9.17) is 24.2 Å². The molecule has 0 saturated carbocycles. The third-order valence-electron chi connectivity index (χ3n) is 9.54. The van der Waals surface area contributed by atoms with Crippen LogP contribution in [0, 0.1) is 11.3 Å². The van der Waals surface area contributed by atoms with E-state index in [9.17, 15) is 10.1 Å². The number of hydrogen-bond donors (Lipinski definition) is 0. The van der Waals surface area contributed by atoms with Gasteiger partial charge in [0.25, 0.3) is 0 Å². The molecule has 11 nitrogen and oxygen atoms in total. The molecular formula is C40H51N7O4. The van der Waals surface area contributed by atoms with Gasteiger partial charge in [0, 0.05) is 63.0 Å². The second-order valence-electron chi connectivity index (χ2n) is 12.7. The molecule has 0 N–H and O–H groups in total. The molecule has 4 heterocycles. The first-order valence-corrected chi connectivity index (χ1v) is 17.9. The summed E-state index contributed by atoms with van der Waals surface area (Å²) < 4.78 is 16.3. The summed E-state index contributed by atoms with van der Waals surface area (Å²) in [5, 5.41) is 12.0. The summed E-state index contributed by atoms with van der Waals surface area (Å²) in [5.41, 5.74) is 4.14. The average molecular weight is 694 g/mol. The van der Waals surface area contributed by atoms with E-state index in [-0.39, 0.29) is 19.1 Å². The smallest absolute Gasteiger partial charge is 0.410 e. The number of likely N-dealkylation sites (N-methyl/N-ethyl adjacent to an activating group) is 1. The number of anilines is 2. The lowest BCUT2D eigenvalue weighted by Crippen LogP contribution is -2.55. The van der Waals surface area contributed by atoms with Gasteiger partial charge in [-0.2, -0.15) is 15.2 Å². The van der Waals surface area contributed by atoms with Crippen LogP contribution in [0.2, 0.25) is 0 Å². The van der Waals surface area contributed by atoms with E-state index in [1.54, 1.807) is 19.1 Å². The fraction of sp³-hybridized carbons (Fsp3) is 0.450. The molecule has 270 valence electrons. The summed E-state index contributed by atoms with van der Waals surface area (Å²) >= 11 is 0. The van der Waals surface area contributed by atoms with Crippen molar-refractivity contribution in [1.82, 2.24) is 19.8 Å². The number of methoxy groups -OCH3 is 2. The molecular weight excluding hydrogens is 642 g/mol. The Hall–Kier alpha value is -4.92. The van der Waals surface area contributed by atoms with Gasteiger partial charge in [-0.15, -0.1) is 0 Å². The Kier molecular flexibility index (Phi) is 13.4. The molecule has 0 radical (unpaired) electrons. The zero-order valence-corrected chi connectivity index (χ0v) is 30.6. The molecule has 2 fully saturated rings. The molecule has 1 aromatic heterocycles. The number of carbonyl (C=O) groups is 1. The third kappa shape index (κ3) is 9.25. The number of piperazine rings is 1. The first kappa shape index (κ1) is 37.3. The molecule has 0 aliphatic carbocycles. The molecule has 2 atom stereocenters. The van der Waals surface area contributed by atoms with Crippen LogP contribution in [0.1, 0.15) is 43.5 Å². The average Bonchev–Trinajstić information content (AvgIpc) is 3.62. The highest BCUT2D eigenvalue weighted by Crippen LogP contribution is 2.34. The van der Waals surface area contributed by atoms with E-state index >= 15 is 0 Å². The predicted octanol–water partition coefficient (Wildman–Crippen LogP) is 6.31. The topological polar surface area (TPSA) is 107 Å². The maximum atomic E-state index is 13.0. The Morgan fingerprint density at radius 3 is 2.37 bits per heavy atom. The molecule has 3 aliphatic rings. The number of rotatable bonds is 7. The minimum atomic E-state index is -0.401. The number of likely N-dealkylation sites (tertiary alicyclic amines) is 1. The second-order valence-corrected chi connectivity index (χ2v) is 12.7. The summed E-state index contributed by atoms with van der Waals surface area (Å²) in [5.74, 6) is 0.824. The Bertz CT molecular complexity index is 1760. The summed E-state index contributed by atoms with van der Waals surface area (Å²) in [6.45, 7) is 9.45. The van der Waals surface area contributed by atoms with Crippen LogP contribution >= 0.6 is 0 Å². The van der Waals surface area contributed by atoms with Crippen molar-refractivity contribution < 1.29 is 19.0 Å². The molecule has 2 unspecified atom stereocenters. The van der Waals surface area contributed by atoms with E-state index in [2.05, 4.69) is 70.3 Å². The lowest BCUT2D eigenvalue weighted by atomic mass is 10.0. The highest BCUT2D eigenvalue weighted by Gasteiger charge is 2.34. The molecule has 11 heteroatoms. The lowest BCUT2D eigenvalue weighted by molar-refractivity contribution is 0.0767. The minimum Gasteiger partial charge on any atom is -0.467 e. The van der Waals surface area contributed by atoms with E-state index < -0.39 is 6.09 Å². The minimum absolute atomic E-state index is 0.197. The van der Waals surface area contributed by atoms with Gasteiger partial charge in [0.2, 0.25) is 0 Å². The molecule has 3 aliphatic heterocycles. The number of amides is 1. The fourth-order valence-corrected chi connectivity index (χ4v) is 6.89. The van der Waals surface area contributed by atoms with Gasteiger partial charge in [-0.1, -0.05) is 80.6 Å². The van der Waals surface area contributed by atoms with Crippen molar-refractivity contribution in [2.45, 2.75) is 58.4 Å². The van der Waals surface area contributed by atoms with Crippen LogP contribution in [-0.2, 0) is 29.0 Å². The number of benzene rings is 3. The van der Waals surface area contributed by atoms with Crippen molar-refractivity contribution in [3.05, 3.63) is 89.6 Å². The van der Waals surface area contributed by atoms with Crippen molar-refractivity contribution in [2.24, 2.45) is 0 Å². The van der Waals surface area contributed by atoms with Crippen LogP contribution in [0.15, 0.2) is 72.8 Å². The van der Waals surface area contributed by atoms with Crippen molar-refractivity contribution in [3.63, 3.8) is 0 Å². The van der Waals surface area contributed by atoms with Crippen molar-refractivity contribution in [1.29, 1.82) is 5.26 Å². The largest absolute Gasteiger partial charge is 0.467 e. The first-order chi connectivity index (χ1) is 25.0. The third-order valence-corrected chi connectivity index (χ3v) is 9.54. The Morgan fingerprint density at radius 2 is 1.67 bits per heavy atom. The summed E-state index contributed by atoms with van der Waals surface area (Å²) in [4.78, 5) is 31.0. The maximum absolute atomic E-state index is 13.0. The van der Waals surface area contributed by atoms with Crippen molar-refractivity contribution in [3.8, 4) is 12.1 Å². The van der Waals surface area contributed by atoms with Crippen molar-refractivity contribution >= 4 is 28.4 Å². The first-order valence-electron chi connectivity index (χ1n) is 17.9. The SMILES string of the molecule is CC.COC1CCN(C)C1.COc1nc2c(c(N3CCN(C(=O)OCc4ccccc4)C(CC#N)C3)n1)CCN(c1cccc3ccccc13)C2. The van der Waals surface area contributed by atoms with Gasteiger partial charge < -0.3 is 33.8 Å². The molecule has 3 aromatic carbocycles. The van der Waals surface area contributed by atoms with Gasteiger partial charge in [-0.25, -0.2) is 4.79 Å². The number of hydrogen-bond acceptors (Lipinski definition) is 10. The Morgan fingerprint density at radius 1 is 0.902 bits per heavy atom.